The van der Waals surface area contributed by atoms with Crippen molar-refractivity contribution in [1.29, 1.82) is 0 Å². The van der Waals surface area contributed by atoms with Crippen molar-refractivity contribution in [2.24, 2.45) is 0 Å². The van der Waals surface area contributed by atoms with E-state index in [1.165, 1.54) is 12.1 Å². The van der Waals surface area contributed by atoms with Crippen molar-refractivity contribution in [3.05, 3.63) is 59.1 Å². The summed E-state index contributed by atoms with van der Waals surface area (Å²) < 4.78 is 42.9. The van der Waals surface area contributed by atoms with E-state index in [9.17, 15) is 22.8 Å². The number of para-hydroxylation sites is 1. The zero-order valence-corrected chi connectivity index (χ0v) is 13.3. The van der Waals surface area contributed by atoms with E-state index in [1.54, 1.807) is 18.2 Å². The lowest BCUT2D eigenvalue weighted by Crippen LogP contribution is -2.37. The molecule has 0 aliphatic carbocycles. The minimum absolute atomic E-state index is 0.104. The second kappa shape index (κ2) is 7.89. The number of imide groups is 1. The lowest BCUT2D eigenvalue weighted by molar-refractivity contribution is -0.137. The van der Waals surface area contributed by atoms with Crippen LogP contribution in [0.1, 0.15) is 5.56 Å². The van der Waals surface area contributed by atoms with Gasteiger partial charge in [0.2, 0.25) is 0 Å². The molecule has 0 unspecified atom stereocenters. The molecule has 132 valence electrons. The van der Waals surface area contributed by atoms with Crippen molar-refractivity contribution in [1.82, 2.24) is 5.32 Å². The number of carbonyl (C=O) groups excluding carboxylic acids is 2. The third kappa shape index (κ3) is 5.68. The summed E-state index contributed by atoms with van der Waals surface area (Å²) in [5, 5.41) is 4.38. The Balaban J connectivity index is 1.88. The summed E-state index contributed by atoms with van der Waals surface area (Å²) in [6.45, 7) is -0.486. The molecule has 0 saturated heterocycles. The number of hydrogen-bond donors (Lipinski definition) is 2. The summed E-state index contributed by atoms with van der Waals surface area (Å²) in [5.41, 5.74) is -1.02. The van der Waals surface area contributed by atoms with Crippen LogP contribution in [-0.4, -0.2) is 18.5 Å². The minimum Gasteiger partial charge on any atom is -0.482 e. The molecular formula is C16H12ClF3N2O3. The Morgan fingerprint density at radius 2 is 1.80 bits per heavy atom. The van der Waals surface area contributed by atoms with Crippen molar-refractivity contribution < 1.29 is 27.5 Å². The normalized spacial score (nSPS) is 10.9. The van der Waals surface area contributed by atoms with Crippen LogP contribution in [0.5, 0.6) is 5.75 Å². The molecule has 2 aromatic rings. The molecule has 0 radical (unpaired) electrons. The van der Waals surface area contributed by atoms with Gasteiger partial charge in [-0.3, -0.25) is 10.1 Å². The number of amides is 3. The van der Waals surface area contributed by atoms with Crippen LogP contribution in [0.2, 0.25) is 5.02 Å². The van der Waals surface area contributed by atoms with E-state index in [0.717, 1.165) is 18.2 Å². The second-order valence-corrected chi connectivity index (χ2v) is 5.21. The van der Waals surface area contributed by atoms with E-state index in [-0.39, 0.29) is 11.4 Å². The van der Waals surface area contributed by atoms with E-state index in [4.69, 9.17) is 16.3 Å². The van der Waals surface area contributed by atoms with Crippen molar-refractivity contribution in [2.45, 2.75) is 6.18 Å². The quantitative estimate of drug-likeness (QED) is 0.849. The van der Waals surface area contributed by atoms with Crippen LogP contribution in [0.25, 0.3) is 0 Å². The summed E-state index contributed by atoms with van der Waals surface area (Å²) in [6, 6.07) is 9.48. The third-order valence-corrected chi connectivity index (χ3v) is 3.21. The molecule has 0 heterocycles. The highest BCUT2D eigenvalue weighted by Gasteiger charge is 2.30. The summed E-state index contributed by atoms with van der Waals surface area (Å²) in [6.07, 6.45) is -4.53. The second-order valence-electron chi connectivity index (χ2n) is 4.80. The number of ether oxygens (including phenoxy) is 1. The molecule has 0 saturated carbocycles. The molecule has 0 spiro atoms. The monoisotopic (exact) mass is 372 g/mol. The van der Waals surface area contributed by atoms with Gasteiger partial charge in [0.1, 0.15) is 5.75 Å². The number of anilines is 1. The average molecular weight is 373 g/mol. The first-order valence-corrected chi connectivity index (χ1v) is 7.29. The molecule has 5 nitrogen and oxygen atoms in total. The molecule has 0 atom stereocenters. The summed E-state index contributed by atoms with van der Waals surface area (Å²) in [5.74, 6) is -0.526. The number of alkyl halides is 3. The molecule has 0 aliphatic rings. The lowest BCUT2D eigenvalue weighted by Gasteiger charge is -2.11. The fourth-order valence-corrected chi connectivity index (χ4v) is 1.99. The minimum atomic E-state index is -4.53. The van der Waals surface area contributed by atoms with Crippen molar-refractivity contribution in [3.63, 3.8) is 0 Å². The van der Waals surface area contributed by atoms with Gasteiger partial charge in [0, 0.05) is 5.69 Å². The first-order chi connectivity index (χ1) is 11.8. The third-order valence-electron chi connectivity index (χ3n) is 2.90. The Bertz CT molecular complexity index is 781. The molecule has 2 aromatic carbocycles. The number of nitrogens with one attached hydrogen (secondary N) is 2. The number of rotatable bonds is 4. The van der Waals surface area contributed by atoms with Gasteiger partial charge < -0.3 is 10.1 Å². The molecule has 0 aromatic heterocycles. The Morgan fingerprint density at radius 3 is 2.48 bits per heavy atom. The predicted molar refractivity (Wildman–Crippen MR) is 85.6 cm³/mol. The van der Waals surface area contributed by atoms with Gasteiger partial charge in [0.25, 0.3) is 5.91 Å². The summed E-state index contributed by atoms with van der Waals surface area (Å²) >= 11 is 5.84. The molecule has 0 aliphatic heterocycles. The maximum absolute atomic E-state index is 12.6. The van der Waals surface area contributed by atoms with Crippen LogP contribution in [-0.2, 0) is 11.0 Å². The van der Waals surface area contributed by atoms with Gasteiger partial charge in [-0.05, 0) is 30.3 Å². The van der Waals surface area contributed by atoms with Crippen molar-refractivity contribution in [3.8, 4) is 5.75 Å². The molecule has 2 rings (SSSR count). The number of hydrogen-bond acceptors (Lipinski definition) is 3. The fraction of sp³-hybridized carbons (Fsp3) is 0.125. The molecule has 25 heavy (non-hydrogen) atoms. The van der Waals surface area contributed by atoms with Gasteiger partial charge in [-0.1, -0.05) is 29.8 Å². The van der Waals surface area contributed by atoms with Crippen molar-refractivity contribution in [2.75, 3.05) is 11.9 Å². The highest BCUT2D eigenvalue weighted by Crippen LogP contribution is 2.30. The highest BCUT2D eigenvalue weighted by molar-refractivity contribution is 6.32. The van der Waals surface area contributed by atoms with Gasteiger partial charge in [-0.25, -0.2) is 4.79 Å². The first-order valence-electron chi connectivity index (χ1n) is 6.91. The zero-order chi connectivity index (χ0) is 18.4. The van der Waals surface area contributed by atoms with E-state index < -0.39 is 30.3 Å². The summed E-state index contributed by atoms with van der Waals surface area (Å²) in [4.78, 5) is 23.3. The van der Waals surface area contributed by atoms with Crippen LogP contribution < -0.4 is 15.4 Å². The number of halogens is 4. The fourth-order valence-electron chi connectivity index (χ4n) is 1.80. The molecular weight excluding hydrogens is 361 g/mol. The molecule has 9 heteroatoms. The van der Waals surface area contributed by atoms with Crippen molar-refractivity contribution >= 4 is 29.2 Å². The molecule has 0 bridgehead atoms. The molecule has 0 fully saturated rings. The Kier molecular flexibility index (Phi) is 5.87. The molecule has 2 N–H and O–H groups in total. The highest BCUT2D eigenvalue weighted by atomic mass is 35.5. The van der Waals surface area contributed by atoms with Gasteiger partial charge in [-0.2, -0.15) is 13.2 Å². The molecule has 3 amide bonds. The summed E-state index contributed by atoms with van der Waals surface area (Å²) in [7, 11) is 0. The Morgan fingerprint density at radius 1 is 1.08 bits per heavy atom. The first kappa shape index (κ1) is 18.6. The van der Waals surface area contributed by atoms with Crippen LogP contribution in [0, 0.1) is 0 Å². The van der Waals surface area contributed by atoms with E-state index in [1.807, 2.05) is 5.32 Å². The average Bonchev–Trinajstić information content (AvgIpc) is 2.53. The zero-order valence-electron chi connectivity index (χ0n) is 12.6. The standard InChI is InChI=1S/C16H12ClF3N2O3/c17-12-6-1-2-7-13(12)25-9-14(23)22-15(24)21-11-5-3-4-10(8-11)16(18,19)20/h1-8H,9H2,(H2,21,22,23,24). The maximum Gasteiger partial charge on any atom is 0.416 e. The largest absolute Gasteiger partial charge is 0.482 e. The topological polar surface area (TPSA) is 67.4 Å². The number of carbonyl (C=O) groups is 2. The van der Waals surface area contributed by atoms with Gasteiger partial charge in [0.15, 0.2) is 6.61 Å². The maximum atomic E-state index is 12.6. The number of benzene rings is 2. The van der Waals surface area contributed by atoms with Crippen LogP contribution in [0.4, 0.5) is 23.7 Å². The SMILES string of the molecule is O=C(COc1ccccc1Cl)NC(=O)Nc1cccc(C(F)(F)F)c1. The Labute approximate surface area is 145 Å². The van der Waals surface area contributed by atoms with Gasteiger partial charge in [0.05, 0.1) is 10.6 Å². The predicted octanol–water partition coefficient (Wildman–Crippen LogP) is 4.09. The van der Waals surface area contributed by atoms with Crippen LogP contribution in [0.3, 0.4) is 0 Å². The van der Waals surface area contributed by atoms with Gasteiger partial charge in [-0.15, -0.1) is 0 Å². The number of urea groups is 1. The Hall–Kier alpha value is -2.74. The smallest absolute Gasteiger partial charge is 0.416 e. The van der Waals surface area contributed by atoms with E-state index >= 15 is 0 Å². The van der Waals surface area contributed by atoms with Gasteiger partial charge >= 0.3 is 12.2 Å². The van der Waals surface area contributed by atoms with Crippen LogP contribution >= 0.6 is 11.6 Å². The van der Waals surface area contributed by atoms with E-state index in [2.05, 4.69) is 5.32 Å². The lowest BCUT2D eigenvalue weighted by atomic mass is 10.2. The van der Waals surface area contributed by atoms with Crippen LogP contribution in [0.15, 0.2) is 48.5 Å². The van der Waals surface area contributed by atoms with E-state index in [0.29, 0.717) is 5.02 Å².